The third-order valence-electron chi connectivity index (χ3n) is 5.04. The van der Waals surface area contributed by atoms with Crippen molar-refractivity contribution >= 4 is 6.03 Å². The second-order valence-electron chi connectivity index (χ2n) is 7.54. The number of halogens is 1. The van der Waals surface area contributed by atoms with Crippen LogP contribution in [0.2, 0.25) is 0 Å². The van der Waals surface area contributed by atoms with Gasteiger partial charge >= 0.3 is 6.03 Å². The highest BCUT2D eigenvalue weighted by Gasteiger charge is 2.24. The average molecular weight is 439 g/mol. The molecule has 0 fully saturated rings. The summed E-state index contributed by atoms with van der Waals surface area (Å²) in [5.41, 5.74) is 2.38. The van der Waals surface area contributed by atoms with Gasteiger partial charge in [0.1, 0.15) is 11.6 Å². The van der Waals surface area contributed by atoms with Crippen LogP contribution in [0.3, 0.4) is 0 Å². The molecule has 0 radical (unpaired) electrons. The summed E-state index contributed by atoms with van der Waals surface area (Å²) >= 11 is 0. The lowest BCUT2D eigenvalue weighted by atomic mass is 10.2. The summed E-state index contributed by atoms with van der Waals surface area (Å²) in [4.78, 5) is 14.6. The maximum Gasteiger partial charge on any atom is 0.317 e. The third-order valence-corrected chi connectivity index (χ3v) is 5.04. The van der Waals surface area contributed by atoms with Crippen LogP contribution in [0.25, 0.3) is 5.69 Å². The molecule has 0 atom stereocenters. The van der Waals surface area contributed by atoms with Crippen molar-refractivity contribution < 1.29 is 13.9 Å². The van der Waals surface area contributed by atoms with Gasteiger partial charge in [0.05, 0.1) is 23.5 Å². The van der Waals surface area contributed by atoms with Gasteiger partial charge in [0, 0.05) is 13.1 Å². The zero-order chi connectivity index (χ0) is 22.9. The fourth-order valence-electron chi connectivity index (χ4n) is 3.44. The van der Waals surface area contributed by atoms with E-state index < -0.39 is 0 Å². The molecular formula is C25H31FN4O2. The van der Waals surface area contributed by atoms with E-state index in [1.807, 2.05) is 51.1 Å². The molecule has 0 unspecified atom stereocenters. The van der Waals surface area contributed by atoms with Gasteiger partial charge in [-0.15, -0.1) is 0 Å². The first-order valence-electron chi connectivity index (χ1n) is 11.2. The van der Waals surface area contributed by atoms with E-state index in [1.165, 1.54) is 12.1 Å². The highest BCUT2D eigenvalue weighted by atomic mass is 19.1. The quantitative estimate of drug-likeness (QED) is 0.442. The summed E-state index contributed by atoms with van der Waals surface area (Å²) in [5, 5.41) is 7.74. The van der Waals surface area contributed by atoms with Crippen molar-refractivity contribution in [1.29, 1.82) is 0 Å². The maximum absolute atomic E-state index is 13.5. The number of aromatic nitrogens is 2. The van der Waals surface area contributed by atoms with Crippen molar-refractivity contribution in [2.24, 2.45) is 0 Å². The Morgan fingerprint density at radius 1 is 1.06 bits per heavy atom. The number of urea groups is 1. The number of nitrogens with zero attached hydrogens (tertiary/aromatic N) is 3. The van der Waals surface area contributed by atoms with E-state index in [0.29, 0.717) is 43.4 Å². The molecule has 3 rings (SSSR count). The van der Waals surface area contributed by atoms with Gasteiger partial charge < -0.3 is 15.0 Å². The SMILES string of the molecule is CCCNC(=O)N(CCC)Cc1c(CC)nn(-c2ccc(F)cc2)c1Oc1ccccc1. The maximum atomic E-state index is 13.5. The molecule has 0 saturated carbocycles. The summed E-state index contributed by atoms with van der Waals surface area (Å²) in [7, 11) is 0. The van der Waals surface area contributed by atoms with Gasteiger partial charge in [0.2, 0.25) is 5.88 Å². The lowest BCUT2D eigenvalue weighted by Crippen LogP contribution is -2.40. The van der Waals surface area contributed by atoms with Crippen molar-refractivity contribution in [3.63, 3.8) is 0 Å². The van der Waals surface area contributed by atoms with Gasteiger partial charge in [-0.3, -0.25) is 0 Å². The molecule has 0 aliphatic rings. The molecule has 0 spiro atoms. The van der Waals surface area contributed by atoms with Gasteiger partial charge in [0.15, 0.2) is 0 Å². The first-order chi connectivity index (χ1) is 15.6. The number of ether oxygens (including phenoxy) is 1. The Morgan fingerprint density at radius 3 is 2.41 bits per heavy atom. The second kappa shape index (κ2) is 11.3. The first kappa shape index (κ1) is 23.3. The van der Waals surface area contributed by atoms with Gasteiger partial charge in [-0.1, -0.05) is 39.0 Å². The van der Waals surface area contributed by atoms with Crippen LogP contribution >= 0.6 is 0 Å². The number of carbonyl (C=O) groups is 1. The molecule has 0 aliphatic carbocycles. The van der Waals surface area contributed by atoms with Crippen LogP contribution in [0.4, 0.5) is 9.18 Å². The average Bonchev–Trinajstić information content (AvgIpc) is 3.15. The van der Waals surface area contributed by atoms with E-state index in [1.54, 1.807) is 21.7 Å². The highest BCUT2D eigenvalue weighted by molar-refractivity contribution is 5.74. The van der Waals surface area contributed by atoms with Crippen LogP contribution in [0.1, 0.15) is 44.9 Å². The van der Waals surface area contributed by atoms with Crippen LogP contribution in [0.5, 0.6) is 11.6 Å². The number of para-hydroxylation sites is 1. The van der Waals surface area contributed by atoms with Crippen molar-refractivity contribution in [3.8, 4) is 17.3 Å². The monoisotopic (exact) mass is 438 g/mol. The standard InChI is InChI=1S/C25H31FN4O2/c1-4-16-27-25(31)29(17-5-2)18-22-23(6-3)28-30(20-14-12-19(26)13-15-20)24(22)32-21-10-8-7-9-11-21/h7-15H,4-6,16-18H2,1-3H3,(H,27,31). The fourth-order valence-corrected chi connectivity index (χ4v) is 3.44. The number of rotatable bonds is 10. The summed E-state index contributed by atoms with van der Waals surface area (Å²) in [6.07, 6.45) is 2.38. The van der Waals surface area contributed by atoms with Crippen LogP contribution < -0.4 is 10.1 Å². The van der Waals surface area contributed by atoms with E-state index in [-0.39, 0.29) is 11.8 Å². The minimum absolute atomic E-state index is 0.101. The molecule has 1 heterocycles. The largest absolute Gasteiger partial charge is 0.439 e. The highest BCUT2D eigenvalue weighted by Crippen LogP contribution is 2.32. The third kappa shape index (κ3) is 5.66. The summed E-state index contributed by atoms with van der Waals surface area (Å²) in [5.74, 6) is 0.880. The number of hydrogen-bond donors (Lipinski definition) is 1. The van der Waals surface area contributed by atoms with Gasteiger partial charge in [-0.05, 0) is 55.7 Å². The number of nitrogens with one attached hydrogen (secondary N) is 1. The molecule has 2 aromatic carbocycles. The van der Waals surface area contributed by atoms with Gasteiger partial charge in [0.25, 0.3) is 0 Å². The number of aryl methyl sites for hydroxylation is 1. The Labute approximate surface area is 189 Å². The van der Waals surface area contributed by atoms with Crippen LogP contribution in [0, 0.1) is 5.82 Å². The Balaban J connectivity index is 2.06. The molecule has 0 aliphatic heterocycles. The molecule has 6 nitrogen and oxygen atoms in total. The Morgan fingerprint density at radius 2 is 1.78 bits per heavy atom. The van der Waals surface area contributed by atoms with E-state index in [9.17, 15) is 9.18 Å². The van der Waals surface area contributed by atoms with Crippen molar-refractivity contribution in [3.05, 3.63) is 71.7 Å². The van der Waals surface area contributed by atoms with E-state index in [0.717, 1.165) is 24.1 Å². The molecule has 2 amide bonds. The van der Waals surface area contributed by atoms with Crippen molar-refractivity contribution in [1.82, 2.24) is 20.0 Å². The molecule has 1 N–H and O–H groups in total. The molecule has 3 aromatic rings. The van der Waals surface area contributed by atoms with Gasteiger partial charge in [-0.2, -0.15) is 5.10 Å². The summed E-state index contributed by atoms with van der Waals surface area (Å²) in [6, 6.07) is 15.5. The second-order valence-corrected chi connectivity index (χ2v) is 7.54. The van der Waals surface area contributed by atoms with Gasteiger partial charge in [-0.25, -0.2) is 13.9 Å². The molecular weight excluding hydrogens is 407 g/mol. The molecule has 170 valence electrons. The zero-order valence-corrected chi connectivity index (χ0v) is 19.0. The molecule has 32 heavy (non-hydrogen) atoms. The smallest absolute Gasteiger partial charge is 0.317 e. The molecule has 1 aromatic heterocycles. The number of hydrogen-bond acceptors (Lipinski definition) is 3. The van der Waals surface area contributed by atoms with Crippen LogP contribution in [-0.2, 0) is 13.0 Å². The number of amides is 2. The van der Waals surface area contributed by atoms with Crippen molar-refractivity contribution in [2.75, 3.05) is 13.1 Å². The zero-order valence-electron chi connectivity index (χ0n) is 19.0. The molecule has 0 saturated heterocycles. The summed E-state index contributed by atoms with van der Waals surface area (Å²) < 4.78 is 21.5. The predicted molar refractivity (Wildman–Crippen MR) is 124 cm³/mol. The Hall–Kier alpha value is -3.35. The van der Waals surface area contributed by atoms with E-state index >= 15 is 0 Å². The lowest BCUT2D eigenvalue weighted by molar-refractivity contribution is 0.194. The Kier molecular flexibility index (Phi) is 8.25. The Bertz CT molecular complexity index is 1000. The van der Waals surface area contributed by atoms with E-state index in [4.69, 9.17) is 9.84 Å². The summed E-state index contributed by atoms with van der Waals surface area (Å²) in [6.45, 7) is 7.71. The lowest BCUT2D eigenvalue weighted by Gasteiger charge is -2.23. The minimum atomic E-state index is -0.316. The molecule has 0 bridgehead atoms. The van der Waals surface area contributed by atoms with E-state index in [2.05, 4.69) is 5.32 Å². The van der Waals surface area contributed by atoms with Crippen LogP contribution in [-0.4, -0.2) is 33.8 Å². The number of carbonyl (C=O) groups excluding carboxylic acids is 1. The normalized spacial score (nSPS) is 10.8. The predicted octanol–water partition coefficient (Wildman–Crippen LogP) is 5.70. The minimum Gasteiger partial charge on any atom is -0.439 e. The molecule has 7 heteroatoms. The topological polar surface area (TPSA) is 59.4 Å². The first-order valence-corrected chi connectivity index (χ1v) is 11.2. The fraction of sp³-hybridized carbons (Fsp3) is 0.360. The van der Waals surface area contributed by atoms with Crippen LogP contribution in [0.15, 0.2) is 54.6 Å². The number of benzene rings is 2. The van der Waals surface area contributed by atoms with Crippen molar-refractivity contribution in [2.45, 2.75) is 46.6 Å².